The maximum atomic E-state index is 13.9. The zero-order chi connectivity index (χ0) is 36.0. The zero-order valence-corrected chi connectivity index (χ0v) is 30.6. The first kappa shape index (κ1) is 44.6. The monoisotopic (exact) mass is 685 g/mol. The lowest BCUT2D eigenvalue weighted by Gasteiger charge is -2.53. The Bertz CT molecular complexity index is 892. The molecule has 1 unspecified atom stereocenters. The van der Waals surface area contributed by atoms with E-state index < -0.39 is 60.3 Å². The number of unbranched alkanes of at least 4 members (excludes halogenated alkanes) is 19. The van der Waals surface area contributed by atoms with Gasteiger partial charge < -0.3 is 36.4 Å². The quantitative estimate of drug-likeness (QED) is 0.0367. The molecule has 7 atom stereocenters. The van der Waals surface area contributed by atoms with Gasteiger partial charge >= 0.3 is 0 Å². The predicted molar refractivity (Wildman–Crippen MR) is 191 cm³/mol. The van der Waals surface area contributed by atoms with Crippen LogP contribution in [0.25, 0.3) is 0 Å². The van der Waals surface area contributed by atoms with Crippen molar-refractivity contribution in [2.24, 2.45) is 23.1 Å². The molecule has 11 heteroatoms. The van der Waals surface area contributed by atoms with Crippen molar-refractivity contribution >= 4 is 17.5 Å². The number of aliphatic hydroxyl groups is 3. The number of carbonyl (C=O) groups is 3. The third-order valence-corrected chi connectivity index (χ3v) is 9.86. The minimum atomic E-state index is -2.24. The van der Waals surface area contributed by atoms with Crippen molar-refractivity contribution in [1.82, 2.24) is 4.90 Å². The van der Waals surface area contributed by atoms with E-state index in [2.05, 4.69) is 13.8 Å². The topological polar surface area (TPSA) is 202 Å². The van der Waals surface area contributed by atoms with Crippen LogP contribution in [0.15, 0.2) is 0 Å². The Morgan fingerprint density at radius 1 is 0.708 bits per heavy atom. The number of hydrogen-bond donors (Lipinski definition) is 6. The Morgan fingerprint density at radius 2 is 1.12 bits per heavy atom. The van der Waals surface area contributed by atoms with Crippen LogP contribution in [0.4, 0.5) is 0 Å². The Hall–Kier alpha value is -1.47. The van der Waals surface area contributed by atoms with Gasteiger partial charge in [-0.3, -0.25) is 20.1 Å². The maximum absolute atomic E-state index is 13.9. The molecule has 1 fully saturated rings. The summed E-state index contributed by atoms with van der Waals surface area (Å²) >= 11 is 0. The molecule has 0 radical (unpaired) electrons. The molecule has 1 aliphatic heterocycles. The fourth-order valence-electron chi connectivity index (χ4n) is 6.74. The molecule has 1 saturated heterocycles. The van der Waals surface area contributed by atoms with E-state index in [1.807, 2.05) is 0 Å². The number of ether oxygens (including phenoxy) is 1. The van der Waals surface area contributed by atoms with Gasteiger partial charge in [-0.2, -0.15) is 0 Å². The van der Waals surface area contributed by atoms with Crippen molar-refractivity contribution in [2.45, 2.75) is 198 Å². The fourth-order valence-corrected chi connectivity index (χ4v) is 6.74. The number of hydrogen-bond acceptors (Lipinski definition) is 10. The van der Waals surface area contributed by atoms with E-state index in [0.29, 0.717) is 12.8 Å². The smallest absolute Gasteiger partial charge is 0.225 e. The summed E-state index contributed by atoms with van der Waals surface area (Å²) in [5, 5.41) is 31.9. The van der Waals surface area contributed by atoms with Gasteiger partial charge in [-0.15, -0.1) is 0 Å². The molecule has 9 N–H and O–H groups in total. The molecule has 11 nitrogen and oxygen atoms in total. The van der Waals surface area contributed by atoms with Gasteiger partial charge in [-0.1, -0.05) is 136 Å². The van der Waals surface area contributed by atoms with Crippen molar-refractivity contribution in [3.05, 3.63) is 0 Å². The van der Waals surface area contributed by atoms with Crippen LogP contribution in [0.1, 0.15) is 162 Å². The average Bonchev–Trinajstić information content (AvgIpc) is 3.06. The summed E-state index contributed by atoms with van der Waals surface area (Å²) in [7, 11) is 0. The summed E-state index contributed by atoms with van der Waals surface area (Å²) in [4.78, 5) is 41.5. The van der Waals surface area contributed by atoms with E-state index in [-0.39, 0.29) is 18.9 Å². The SMILES string of the molecule is CCCCCCCCCCCCCCN(C(=O)CCCCCCCCCCC)[C@]1(N)O[C@H](CO)[C@@H](O)[C@H](O)[C@H]1C(=O)C(N)C(=O)[C@H](C)N. The highest BCUT2D eigenvalue weighted by molar-refractivity contribution is 6.09. The first-order valence-electron chi connectivity index (χ1n) is 19.3. The molecule has 1 rings (SSSR count). The summed E-state index contributed by atoms with van der Waals surface area (Å²) in [5.74, 6) is -6.07. The summed E-state index contributed by atoms with van der Waals surface area (Å²) in [6.07, 6.45) is 18.5. The number of nitrogens with zero attached hydrogens (tertiary/aromatic N) is 1. The Morgan fingerprint density at radius 3 is 1.54 bits per heavy atom. The molecule has 0 aromatic heterocycles. The Kier molecular flexibility index (Phi) is 23.6. The van der Waals surface area contributed by atoms with E-state index in [1.54, 1.807) is 0 Å². The third-order valence-electron chi connectivity index (χ3n) is 9.86. The minimum absolute atomic E-state index is 0.144. The summed E-state index contributed by atoms with van der Waals surface area (Å²) in [6, 6.07) is -2.80. The van der Waals surface area contributed by atoms with Crippen LogP contribution in [-0.2, 0) is 19.1 Å². The summed E-state index contributed by atoms with van der Waals surface area (Å²) < 4.78 is 5.97. The molecule has 0 aliphatic carbocycles. The van der Waals surface area contributed by atoms with Crippen molar-refractivity contribution in [3.8, 4) is 0 Å². The molecular formula is C37H72N4O7. The van der Waals surface area contributed by atoms with Crippen molar-refractivity contribution in [3.63, 3.8) is 0 Å². The van der Waals surface area contributed by atoms with E-state index in [0.717, 1.165) is 44.9 Å². The largest absolute Gasteiger partial charge is 0.394 e. The number of amides is 1. The van der Waals surface area contributed by atoms with E-state index in [4.69, 9.17) is 21.9 Å². The van der Waals surface area contributed by atoms with E-state index >= 15 is 0 Å². The van der Waals surface area contributed by atoms with Gasteiger partial charge in [0.25, 0.3) is 0 Å². The molecule has 0 spiro atoms. The fraction of sp³-hybridized carbons (Fsp3) is 0.919. The first-order chi connectivity index (χ1) is 23.0. The second-order valence-electron chi connectivity index (χ2n) is 14.1. The molecule has 282 valence electrons. The standard InChI is InChI=1S/C37H72N4O7/c1-4-6-8-10-12-14-15-16-18-20-22-24-26-41(30(43)25-23-21-19-17-13-11-9-7-5-2)37(40)31(35(46)32(39)33(44)28(3)38)36(47)34(45)29(27-42)48-37/h28-29,31-32,34,36,42,45,47H,4-27,38-40H2,1-3H3/t28-,29+,31+,32?,34+,36+,37-/m0/s1. The Labute approximate surface area is 291 Å². The minimum Gasteiger partial charge on any atom is -0.394 e. The average molecular weight is 685 g/mol. The predicted octanol–water partition coefficient (Wildman–Crippen LogP) is 4.59. The second kappa shape index (κ2) is 25.5. The molecule has 1 amide bonds. The number of Topliss-reactive ketones (excluding diaryl/α,β-unsaturated/α-hetero) is 2. The second-order valence-corrected chi connectivity index (χ2v) is 14.1. The van der Waals surface area contributed by atoms with Gasteiger partial charge in [0.2, 0.25) is 11.8 Å². The van der Waals surface area contributed by atoms with Crippen LogP contribution >= 0.6 is 0 Å². The molecule has 48 heavy (non-hydrogen) atoms. The highest BCUT2D eigenvalue weighted by Gasteiger charge is 2.60. The van der Waals surface area contributed by atoms with Gasteiger partial charge in [0.05, 0.1) is 18.8 Å². The van der Waals surface area contributed by atoms with E-state index in [9.17, 15) is 29.7 Å². The van der Waals surface area contributed by atoms with Gasteiger partial charge in [0.15, 0.2) is 11.6 Å². The molecule has 0 bridgehead atoms. The number of ketones is 2. The van der Waals surface area contributed by atoms with Crippen LogP contribution in [-0.4, -0.2) is 87.1 Å². The molecule has 0 aromatic rings. The number of aliphatic hydroxyl groups excluding tert-OH is 3. The number of rotatable bonds is 29. The van der Waals surface area contributed by atoms with Gasteiger partial charge in [0, 0.05) is 13.0 Å². The number of nitrogens with two attached hydrogens (primary N) is 3. The van der Waals surface area contributed by atoms with Crippen LogP contribution in [0.3, 0.4) is 0 Å². The third kappa shape index (κ3) is 15.2. The molecule has 1 aliphatic rings. The van der Waals surface area contributed by atoms with E-state index in [1.165, 1.54) is 88.9 Å². The molecule has 1 heterocycles. The normalized spacial score (nSPS) is 23.9. The first-order valence-corrected chi connectivity index (χ1v) is 19.3. The van der Waals surface area contributed by atoms with Gasteiger partial charge in [-0.05, 0) is 19.8 Å². The molecule has 0 aromatic carbocycles. The number of carbonyl (C=O) groups excluding carboxylic acids is 3. The van der Waals surface area contributed by atoms with Crippen molar-refractivity contribution in [2.75, 3.05) is 13.2 Å². The van der Waals surface area contributed by atoms with Gasteiger partial charge in [0.1, 0.15) is 24.2 Å². The van der Waals surface area contributed by atoms with Crippen LogP contribution < -0.4 is 17.2 Å². The van der Waals surface area contributed by atoms with Crippen LogP contribution in [0.2, 0.25) is 0 Å². The highest BCUT2D eigenvalue weighted by Crippen LogP contribution is 2.36. The highest BCUT2D eigenvalue weighted by atomic mass is 16.6. The maximum Gasteiger partial charge on any atom is 0.225 e. The lowest BCUT2D eigenvalue weighted by atomic mass is 9.79. The zero-order valence-electron chi connectivity index (χ0n) is 30.6. The van der Waals surface area contributed by atoms with Gasteiger partial charge in [-0.25, -0.2) is 0 Å². The summed E-state index contributed by atoms with van der Waals surface area (Å²) in [5.41, 5.74) is 18.5. The lowest BCUT2D eigenvalue weighted by Crippen LogP contribution is -2.76. The summed E-state index contributed by atoms with van der Waals surface area (Å²) in [6.45, 7) is 5.25. The molecule has 0 saturated carbocycles. The van der Waals surface area contributed by atoms with Crippen LogP contribution in [0, 0.1) is 5.92 Å². The van der Waals surface area contributed by atoms with Crippen LogP contribution in [0.5, 0.6) is 0 Å². The Balaban J connectivity index is 3.01. The molecular weight excluding hydrogens is 612 g/mol. The van der Waals surface area contributed by atoms with Crippen molar-refractivity contribution in [1.29, 1.82) is 0 Å². The van der Waals surface area contributed by atoms with Crippen molar-refractivity contribution < 1.29 is 34.4 Å². The lowest BCUT2D eigenvalue weighted by molar-refractivity contribution is -0.291.